The highest BCUT2D eigenvalue weighted by Gasteiger charge is 2.32. The van der Waals surface area contributed by atoms with E-state index >= 15 is 0 Å². The molecule has 0 aromatic heterocycles. The molecule has 0 spiro atoms. The predicted molar refractivity (Wildman–Crippen MR) is 52.3 cm³/mol. The monoisotopic (exact) mass is 168 g/mol. The van der Waals surface area contributed by atoms with Gasteiger partial charge in [-0.3, -0.25) is 0 Å². The summed E-state index contributed by atoms with van der Waals surface area (Å²) in [5.41, 5.74) is 0.225. The van der Waals surface area contributed by atoms with E-state index in [2.05, 4.69) is 13.5 Å². The number of ether oxygens (including phenoxy) is 1. The molecule has 0 aromatic rings. The van der Waals surface area contributed by atoms with Gasteiger partial charge in [-0.25, -0.2) is 0 Å². The van der Waals surface area contributed by atoms with E-state index in [1.54, 1.807) is 0 Å². The van der Waals surface area contributed by atoms with Crippen LogP contribution >= 0.6 is 0 Å². The van der Waals surface area contributed by atoms with E-state index in [1.807, 2.05) is 6.08 Å². The summed E-state index contributed by atoms with van der Waals surface area (Å²) >= 11 is 0. The second-order valence-corrected chi connectivity index (χ2v) is 3.71. The van der Waals surface area contributed by atoms with Gasteiger partial charge in [-0.15, -0.1) is 6.58 Å². The Labute approximate surface area is 75.8 Å². The molecule has 0 saturated carbocycles. The number of allylic oxidation sites excluding steroid dienone is 1. The Kier molecular flexibility index (Phi) is 3.80. The van der Waals surface area contributed by atoms with E-state index in [0.29, 0.717) is 0 Å². The molecule has 1 fully saturated rings. The molecule has 0 radical (unpaired) electrons. The van der Waals surface area contributed by atoms with E-state index in [-0.39, 0.29) is 5.60 Å². The molecule has 1 aliphatic heterocycles. The van der Waals surface area contributed by atoms with Crippen LogP contribution in [0.2, 0.25) is 0 Å². The molecule has 0 aliphatic carbocycles. The number of hydrogen-bond acceptors (Lipinski definition) is 1. The van der Waals surface area contributed by atoms with Gasteiger partial charge in [-0.05, 0) is 32.1 Å². The Morgan fingerprint density at radius 1 is 1.50 bits per heavy atom. The van der Waals surface area contributed by atoms with Gasteiger partial charge in [0.1, 0.15) is 0 Å². The zero-order chi connectivity index (χ0) is 8.86. The summed E-state index contributed by atoms with van der Waals surface area (Å²) in [6.07, 6.45) is 9.23. The minimum absolute atomic E-state index is 0.225. The van der Waals surface area contributed by atoms with Gasteiger partial charge in [-0.1, -0.05) is 19.4 Å². The molecule has 1 saturated heterocycles. The molecule has 1 unspecified atom stereocenters. The van der Waals surface area contributed by atoms with Crippen molar-refractivity contribution in [3.8, 4) is 0 Å². The van der Waals surface area contributed by atoms with E-state index in [0.717, 1.165) is 13.0 Å². The minimum Gasteiger partial charge on any atom is -0.375 e. The van der Waals surface area contributed by atoms with Gasteiger partial charge in [-0.2, -0.15) is 0 Å². The molecule has 0 amide bonds. The van der Waals surface area contributed by atoms with Gasteiger partial charge in [0.05, 0.1) is 5.60 Å². The largest absolute Gasteiger partial charge is 0.375 e. The molecule has 1 heterocycles. The summed E-state index contributed by atoms with van der Waals surface area (Å²) in [4.78, 5) is 0. The normalized spacial score (nSPS) is 29.1. The highest BCUT2D eigenvalue weighted by atomic mass is 16.5. The fourth-order valence-corrected chi connectivity index (χ4v) is 2.10. The zero-order valence-electron chi connectivity index (χ0n) is 8.14. The lowest BCUT2D eigenvalue weighted by Crippen LogP contribution is -2.27. The fourth-order valence-electron chi connectivity index (χ4n) is 2.10. The molecule has 1 atom stereocenters. The van der Waals surface area contributed by atoms with Crippen molar-refractivity contribution >= 4 is 0 Å². The van der Waals surface area contributed by atoms with Crippen LogP contribution in [-0.2, 0) is 4.74 Å². The summed E-state index contributed by atoms with van der Waals surface area (Å²) in [6, 6.07) is 0. The first-order valence-corrected chi connectivity index (χ1v) is 5.08. The van der Waals surface area contributed by atoms with Crippen molar-refractivity contribution in [2.45, 2.75) is 51.0 Å². The first kappa shape index (κ1) is 9.79. The zero-order valence-corrected chi connectivity index (χ0v) is 8.14. The summed E-state index contributed by atoms with van der Waals surface area (Å²) in [7, 11) is 0. The van der Waals surface area contributed by atoms with Crippen molar-refractivity contribution in [1.29, 1.82) is 0 Å². The van der Waals surface area contributed by atoms with Crippen LogP contribution < -0.4 is 0 Å². The van der Waals surface area contributed by atoms with Crippen LogP contribution in [0.15, 0.2) is 12.7 Å². The Balaban J connectivity index is 2.40. The minimum atomic E-state index is 0.225. The van der Waals surface area contributed by atoms with Crippen LogP contribution in [0.1, 0.15) is 45.4 Å². The van der Waals surface area contributed by atoms with Crippen LogP contribution in [0.5, 0.6) is 0 Å². The molecule has 0 aromatic carbocycles. The third kappa shape index (κ3) is 2.34. The van der Waals surface area contributed by atoms with Crippen molar-refractivity contribution in [2.75, 3.05) is 6.61 Å². The molecule has 1 nitrogen and oxygen atoms in total. The predicted octanol–water partition coefficient (Wildman–Crippen LogP) is 3.30. The second-order valence-electron chi connectivity index (χ2n) is 3.71. The van der Waals surface area contributed by atoms with Crippen LogP contribution in [0.25, 0.3) is 0 Å². The molecule has 1 heteroatoms. The Morgan fingerprint density at radius 2 is 2.33 bits per heavy atom. The molecule has 1 rings (SSSR count). The lowest BCUT2D eigenvalue weighted by Gasteiger charge is -2.27. The maximum atomic E-state index is 5.84. The van der Waals surface area contributed by atoms with Gasteiger partial charge in [0, 0.05) is 6.61 Å². The molecular weight excluding hydrogens is 148 g/mol. The summed E-state index contributed by atoms with van der Waals surface area (Å²) in [5.74, 6) is 0. The quantitative estimate of drug-likeness (QED) is 0.572. The average molecular weight is 168 g/mol. The second kappa shape index (κ2) is 4.66. The van der Waals surface area contributed by atoms with Crippen molar-refractivity contribution in [3.63, 3.8) is 0 Å². The molecule has 70 valence electrons. The van der Waals surface area contributed by atoms with Gasteiger partial charge in [0.25, 0.3) is 0 Å². The van der Waals surface area contributed by atoms with E-state index < -0.39 is 0 Å². The van der Waals surface area contributed by atoms with Gasteiger partial charge in [0.15, 0.2) is 0 Å². The average Bonchev–Trinajstić information content (AvgIpc) is 2.51. The Morgan fingerprint density at radius 3 is 2.83 bits per heavy atom. The van der Waals surface area contributed by atoms with Crippen LogP contribution in [0.4, 0.5) is 0 Å². The first-order valence-electron chi connectivity index (χ1n) is 5.08. The molecular formula is C11H20O. The third-order valence-corrected chi connectivity index (χ3v) is 2.69. The Bertz CT molecular complexity index is 134. The van der Waals surface area contributed by atoms with E-state index in [9.17, 15) is 0 Å². The first-order chi connectivity index (χ1) is 5.83. The fraction of sp³-hybridized carbons (Fsp3) is 0.818. The van der Waals surface area contributed by atoms with Crippen LogP contribution in [-0.4, -0.2) is 12.2 Å². The topological polar surface area (TPSA) is 9.23 Å². The molecule has 12 heavy (non-hydrogen) atoms. The van der Waals surface area contributed by atoms with Crippen molar-refractivity contribution < 1.29 is 4.74 Å². The molecule has 0 bridgehead atoms. The van der Waals surface area contributed by atoms with Crippen LogP contribution in [0.3, 0.4) is 0 Å². The summed E-state index contributed by atoms with van der Waals surface area (Å²) < 4.78 is 5.84. The lowest BCUT2D eigenvalue weighted by molar-refractivity contribution is -0.00937. The van der Waals surface area contributed by atoms with Crippen molar-refractivity contribution in [1.82, 2.24) is 0 Å². The standard InChI is InChI=1S/C11H20O/c1-3-5-8-11(7-4-2)9-6-10-12-11/h3H,1,4-10H2,2H3. The number of rotatable bonds is 5. The summed E-state index contributed by atoms with van der Waals surface area (Å²) in [6.45, 7) is 6.96. The van der Waals surface area contributed by atoms with Gasteiger partial charge >= 0.3 is 0 Å². The Hall–Kier alpha value is -0.300. The SMILES string of the molecule is C=CCCC1(CCC)CCCO1. The molecule has 0 N–H and O–H groups in total. The van der Waals surface area contributed by atoms with E-state index in [4.69, 9.17) is 4.74 Å². The lowest BCUT2D eigenvalue weighted by atomic mass is 9.89. The van der Waals surface area contributed by atoms with Crippen LogP contribution in [0, 0.1) is 0 Å². The highest BCUT2D eigenvalue weighted by Crippen LogP contribution is 2.34. The maximum Gasteiger partial charge on any atom is 0.0686 e. The van der Waals surface area contributed by atoms with E-state index in [1.165, 1.54) is 32.1 Å². The third-order valence-electron chi connectivity index (χ3n) is 2.69. The highest BCUT2D eigenvalue weighted by molar-refractivity contribution is 4.87. The van der Waals surface area contributed by atoms with Crippen molar-refractivity contribution in [3.05, 3.63) is 12.7 Å². The number of hydrogen-bond donors (Lipinski definition) is 0. The molecule has 1 aliphatic rings. The van der Waals surface area contributed by atoms with Gasteiger partial charge < -0.3 is 4.74 Å². The van der Waals surface area contributed by atoms with Gasteiger partial charge in [0.2, 0.25) is 0 Å². The maximum absolute atomic E-state index is 5.84. The van der Waals surface area contributed by atoms with Crippen molar-refractivity contribution in [2.24, 2.45) is 0 Å². The smallest absolute Gasteiger partial charge is 0.0686 e. The summed E-state index contributed by atoms with van der Waals surface area (Å²) in [5, 5.41) is 0.